The molecule has 0 saturated heterocycles. The molecule has 2 aromatic rings. The van der Waals surface area contributed by atoms with Gasteiger partial charge in [0, 0.05) is 29.2 Å². The molecule has 2 nitrogen and oxygen atoms in total. The van der Waals surface area contributed by atoms with Crippen LogP contribution in [0.25, 0.3) is 10.9 Å². The van der Waals surface area contributed by atoms with E-state index in [1.165, 1.54) is 33.4 Å². The molecule has 0 aliphatic carbocycles. The van der Waals surface area contributed by atoms with Gasteiger partial charge in [-0.3, -0.25) is 4.98 Å². The second kappa shape index (κ2) is 3.84. The summed E-state index contributed by atoms with van der Waals surface area (Å²) in [5, 5.41) is 1.40. The summed E-state index contributed by atoms with van der Waals surface area (Å²) in [7, 11) is 2.13. The summed E-state index contributed by atoms with van der Waals surface area (Å²) in [4.78, 5) is 4.87. The molecule has 0 fully saturated rings. The fourth-order valence-electron chi connectivity index (χ4n) is 2.98. The first kappa shape index (κ1) is 13.1. The molecule has 0 amide bonds. The molecule has 0 spiro atoms. The average molecular weight is 244 g/mol. The predicted octanol–water partition coefficient (Wildman–Crippen LogP) is 4.10. The largest absolute Gasteiger partial charge is 0.346 e. The molecule has 2 heteroatoms. The van der Waals surface area contributed by atoms with Crippen molar-refractivity contribution in [1.82, 2.24) is 9.55 Å². The Balaban J connectivity index is 3.00. The van der Waals surface area contributed by atoms with E-state index in [9.17, 15) is 0 Å². The van der Waals surface area contributed by atoms with Gasteiger partial charge in [-0.2, -0.15) is 0 Å². The van der Waals surface area contributed by atoms with E-state index in [0.29, 0.717) is 0 Å². The van der Waals surface area contributed by atoms with E-state index in [4.69, 9.17) is 4.98 Å². The summed E-state index contributed by atoms with van der Waals surface area (Å²) in [6.07, 6.45) is 0. The molecule has 0 radical (unpaired) electrons. The summed E-state index contributed by atoms with van der Waals surface area (Å²) < 4.78 is 2.27. The maximum Gasteiger partial charge on any atom is 0.0701 e. The van der Waals surface area contributed by atoms with Crippen LogP contribution >= 0.6 is 0 Å². The Morgan fingerprint density at radius 3 is 2.00 bits per heavy atom. The van der Waals surface area contributed by atoms with E-state index in [2.05, 4.69) is 60.1 Å². The topological polar surface area (TPSA) is 17.8 Å². The van der Waals surface area contributed by atoms with E-state index in [-0.39, 0.29) is 5.41 Å². The van der Waals surface area contributed by atoms with E-state index in [0.717, 1.165) is 5.69 Å². The summed E-state index contributed by atoms with van der Waals surface area (Å²) in [6, 6.07) is 0. The van der Waals surface area contributed by atoms with Gasteiger partial charge in [0.1, 0.15) is 0 Å². The van der Waals surface area contributed by atoms with E-state index in [1.54, 1.807) is 0 Å². The van der Waals surface area contributed by atoms with Crippen molar-refractivity contribution in [3.63, 3.8) is 0 Å². The molecular formula is C16H24N2. The third-order valence-corrected chi connectivity index (χ3v) is 4.06. The first-order valence-corrected chi connectivity index (χ1v) is 6.59. The van der Waals surface area contributed by atoms with E-state index < -0.39 is 0 Å². The van der Waals surface area contributed by atoms with Gasteiger partial charge in [0.15, 0.2) is 0 Å². The van der Waals surface area contributed by atoms with Crippen molar-refractivity contribution in [2.75, 3.05) is 0 Å². The van der Waals surface area contributed by atoms with Gasteiger partial charge in [-0.05, 0) is 38.8 Å². The van der Waals surface area contributed by atoms with Crippen LogP contribution in [0.5, 0.6) is 0 Å². The lowest BCUT2D eigenvalue weighted by Crippen LogP contribution is -2.16. The van der Waals surface area contributed by atoms with Gasteiger partial charge in [-0.1, -0.05) is 20.8 Å². The van der Waals surface area contributed by atoms with Crippen LogP contribution in [0.15, 0.2) is 0 Å². The minimum absolute atomic E-state index is 0.0964. The van der Waals surface area contributed by atoms with Gasteiger partial charge in [0.25, 0.3) is 0 Å². The molecule has 0 atom stereocenters. The maximum absolute atomic E-state index is 4.87. The van der Waals surface area contributed by atoms with Crippen molar-refractivity contribution < 1.29 is 0 Å². The third kappa shape index (κ3) is 1.66. The highest BCUT2D eigenvalue weighted by molar-refractivity contribution is 5.90. The number of fused-ring (bicyclic) bond motifs is 1. The number of pyridine rings is 1. The first-order valence-electron chi connectivity index (χ1n) is 6.59. The fraction of sp³-hybridized carbons (Fsp3) is 0.562. The molecule has 2 aromatic heterocycles. The van der Waals surface area contributed by atoms with Crippen LogP contribution in [-0.4, -0.2) is 9.55 Å². The van der Waals surface area contributed by atoms with Crippen LogP contribution in [0.2, 0.25) is 0 Å². The van der Waals surface area contributed by atoms with Crippen LogP contribution < -0.4 is 0 Å². The highest BCUT2D eigenvalue weighted by Gasteiger charge is 2.23. The Kier molecular flexibility index (Phi) is 2.80. The summed E-state index contributed by atoms with van der Waals surface area (Å²) in [6.45, 7) is 15.4. The molecular weight excluding hydrogens is 220 g/mol. The first-order chi connectivity index (χ1) is 8.16. The zero-order chi connectivity index (χ0) is 13.8. The molecule has 0 aliphatic rings. The van der Waals surface area contributed by atoms with Crippen molar-refractivity contribution in [2.24, 2.45) is 7.05 Å². The highest BCUT2D eigenvalue weighted by Crippen LogP contribution is 2.34. The molecule has 0 aromatic carbocycles. The number of aryl methyl sites for hydroxylation is 4. The molecule has 2 rings (SSSR count). The second-order valence-electron chi connectivity index (χ2n) is 6.41. The lowest BCUT2D eigenvalue weighted by Gasteiger charge is -2.22. The summed E-state index contributed by atoms with van der Waals surface area (Å²) in [5.74, 6) is 0. The molecule has 18 heavy (non-hydrogen) atoms. The number of nitrogens with zero attached hydrogens (tertiary/aromatic N) is 2. The Morgan fingerprint density at radius 2 is 1.50 bits per heavy atom. The lowest BCUT2D eigenvalue weighted by molar-refractivity contribution is 0.564. The molecule has 98 valence electrons. The van der Waals surface area contributed by atoms with Crippen molar-refractivity contribution in [2.45, 2.75) is 53.9 Å². The Bertz CT molecular complexity index is 625. The molecule has 2 heterocycles. The zero-order valence-electron chi connectivity index (χ0n) is 12.9. The normalized spacial score (nSPS) is 12.4. The van der Waals surface area contributed by atoms with Crippen molar-refractivity contribution >= 4 is 10.9 Å². The van der Waals surface area contributed by atoms with Gasteiger partial charge in [0.2, 0.25) is 0 Å². The lowest BCUT2D eigenvalue weighted by atomic mass is 9.87. The minimum atomic E-state index is 0.0964. The molecule has 0 unspecified atom stereocenters. The van der Waals surface area contributed by atoms with Crippen molar-refractivity contribution in [1.29, 1.82) is 0 Å². The monoisotopic (exact) mass is 244 g/mol. The Labute approximate surface area is 110 Å². The Hall–Kier alpha value is -1.31. The fourth-order valence-corrected chi connectivity index (χ4v) is 2.98. The van der Waals surface area contributed by atoms with Gasteiger partial charge in [-0.25, -0.2) is 0 Å². The molecule has 0 saturated carbocycles. The van der Waals surface area contributed by atoms with Crippen molar-refractivity contribution in [3.05, 3.63) is 28.2 Å². The number of aromatic nitrogens is 2. The van der Waals surface area contributed by atoms with Gasteiger partial charge in [-0.15, -0.1) is 0 Å². The highest BCUT2D eigenvalue weighted by atomic mass is 15.0. The SMILES string of the molecule is Cc1c(C(C)(C)C)nc(C)c2c1c(C)c(C)n2C. The number of hydrogen-bond acceptors (Lipinski definition) is 1. The summed E-state index contributed by atoms with van der Waals surface area (Å²) >= 11 is 0. The maximum atomic E-state index is 4.87. The minimum Gasteiger partial charge on any atom is -0.346 e. The van der Waals surface area contributed by atoms with Crippen LogP contribution in [0.1, 0.15) is 49.0 Å². The zero-order valence-corrected chi connectivity index (χ0v) is 12.9. The van der Waals surface area contributed by atoms with E-state index in [1.807, 2.05) is 0 Å². The second-order valence-corrected chi connectivity index (χ2v) is 6.41. The van der Waals surface area contributed by atoms with Crippen LogP contribution in [0.3, 0.4) is 0 Å². The van der Waals surface area contributed by atoms with Gasteiger partial charge < -0.3 is 4.57 Å². The van der Waals surface area contributed by atoms with Crippen LogP contribution in [0.4, 0.5) is 0 Å². The molecule has 0 N–H and O–H groups in total. The molecule has 0 aliphatic heterocycles. The van der Waals surface area contributed by atoms with Gasteiger partial charge in [0.05, 0.1) is 11.2 Å². The summed E-state index contributed by atoms with van der Waals surface area (Å²) in [5.41, 5.74) is 7.81. The van der Waals surface area contributed by atoms with Gasteiger partial charge >= 0.3 is 0 Å². The quantitative estimate of drug-likeness (QED) is 0.682. The average Bonchev–Trinajstić information content (AvgIpc) is 2.47. The Morgan fingerprint density at radius 1 is 0.944 bits per heavy atom. The molecule has 0 bridgehead atoms. The van der Waals surface area contributed by atoms with E-state index >= 15 is 0 Å². The standard InChI is InChI=1S/C16H24N2/c1-9-12(4)18(8)14-11(3)17-15(16(5,6)7)10(2)13(9)14/h1-8H3. The predicted molar refractivity (Wildman–Crippen MR) is 78.4 cm³/mol. The van der Waals surface area contributed by atoms with Crippen LogP contribution in [-0.2, 0) is 12.5 Å². The smallest absolute Gasteiger partial charge is 0.0701 e. The number of rotatable bonds is 0. The van der Waals surface area contributed by atoms with Crippen molar-refractivity contribution in [3.8, 4) is 0 Å². The van der Waals surface area contributed by atoms with Crippen LogP contribution in [0, 0.1) is 27.7 Å². The number of hydrogen-bond donors (Lipinski definition) is 0. The third-order valence-electron chi connectivity index (χ3n) is 4.06.